The molecule has 2 rings (SSSR count). The Hall–Kier alpha value is -0.320. The van der Waals surface area contributed by atoms with Crippen LogP contribution in [0.5, 0.6) is 0 Å². The molecular formula is C10H19ClN2O2. The molecule has 3 atom stereocenters. The van der Waals surface area contributed by atoms with Crippen molar-refractivity contribution < 1.29 is 9.53 Å². The summed E-state index contributed by atoms with van der Waals surface area (Å²) in [5.41, 5.74) is 5.77. The standard InChI is InChI=1S/C10H18N2O2.ClH/c11-8-2-1-7(5-8)10(13)12-9-3-4-14-6-9;/h7-9H,1-6,11H2,(H,12,13);1H. The molecule has 2 fully saturated rings. The van der Waals surface area contributed by atoms with E-state index >= 15 is 0 Å². The van der Waals surface area contributed by atoms with Gasteiger partial charge < -0.3 is 15.8 Å². The lowest BCUT2D eigenvalue weighted by Crippen LogP contribution is -2.38. The Labute approximate surface area is 96.3 Å². The molecule has 1 aliphatic carbocycles. The average Bonchev–Trinajstić information content (AvgIpc) is 2.75. The van der Waals surface area contributed by atoms with E-state index in [9.17, 15) is 4.79 Å². The number of carbonyl (C=O) groups excluding carboxylic acids is 1. The highest BCUT2D eigenvalue weighted by molar-refractivity contribution is 5.85. The lowest BCUT2D eigenvalue weighted by atomic mass is 10.1. The van der Waals surface area contributed by atoms with E-state index in [4.69, 9.17) is 10.5 Å². The summed E-state index contributed by atoms with van der Waals surface area (Å²) < 4.78 is 5.20. The summed E-state index contributed by atoms with van der Waals surface area (Å²) in [7, 11) is 0. The maximum Gasteiger partial charge on any atom is 0.223 e. The zero-order valence-corrected chi connectivity index (χ0v) is 9.59. The van der Waals surface area contributed by atoms with Crippen molar-refractivity contribution in [2.45, 2.75) is 37.8 Å². The van der Waals surface area contributed by atoms with E-state index in [1.54, 1.807) is 0 Å². The molecule has 15 heavy (non-hydrogen) atoms. The highest BCUT2D eigenvalue weighted by atomic mass is 35.5. The summed E-state index contributed by atoms with van der Waals surface area (Å²) in [6.07, 6.45) is 3.73. The van der Waals surface area contributed by atoms with Crippen molar-refractivity contribution in [2.24, 2.45) is 11.7 Å². The van der Waals surface area contributed by atoms with E-state index < -0.39 is 0 Å². The fourth-order valence-corrected chi connectivity index (χ4v) is 2.22. The molecule has 1 heterocycles. The molecule has 0 bridgehead atoms. The van der Waals surface area contributed by atoms with Gasteiger partial charge in [0.2, 0.25) is 5.91 Å². The Morgan fingerprint density at radius 1 is 1.33 bits per heavy atom. The molecule has 5 heteroatoms. The summed E-state index contributed by atoms with van der Waals surface area (Å²) in [4.78, 5) is 11.7. The summed E-state index contributed by atoms with van der Waals surface area (Å²) >= 11 is 0. The Morgan fingerprint density at radius 3 is 2.67 bits per heavy atom. The van der Waals surface area contributed by atoms with Crippen molar-refractivity contribution in [3.05, 3.63) is 0 Å². The van der Waals surface area contributed by atoms with Gasteiger partial charge in [-0.2, -0.15) is 0 Å². The minimum atomic E-state index is 0. The van der Waals surface area contributed by atoms with Crippen LogP contribution in [-0.2, 0) is 9.53 Å². The van der Waals surface area contributed by atoms with Crippen molar-refractivity contribution in [3.63, 3.8) is 0 Å². The molecule has 4 nitrogen and oxygen atoms in total. The van der Waals surface area contributed by atoms with Gasteiger partial charge in [0.15, 0.2) is 0 Å². The lowest BCUT2D eigenvalue weighted by molar-refractivity contribution is -0.125. The van der Waals surface area contributed by atoms with E-state index in [-0.39, 0.29) is 36.3 Å². The van der Waals surface area contributed by atoms with Gasteiger partial charge >= 0.3 is 0 Å². The summed E-state index contributed by atoms with van der Waals surface area (Å²) in [6, 6.07) is 0.463. The van der Waals surface area contributed by atoms with Gasteiger partial charge in [-0.1, -0.05) is 0 Å². The van der Waals surface area contributed by atoms with E-state index in [0.29, 0.717) is 6.61 Å². The number of hydrogen-bond donors (Lipinski definition) is 2. The van der Waals surface area contributed by atoms with Gasteiger partial charge in [-0.3, -0.25) is 4.79 Å². The maximum absolute atomic E-state index is 11.7. The van der Waals surface area contributed by atoms with Crippen molar-refractivity contribution >= 4 is 18.3 Å². The minimum Gasteiger partial charge on any atom is -0.379 e. The fraction of sp³-hybridized carbons (Fsp3) is 0.900. The molecule has 0 aromatic heterocycles. The molecular weight excluding hydrogens is 216 g/mol. The molecule has 0 aromatic carbocycles. The van der Waals surface area contributed by atoms with Crippen LogP contribution in [0, 0.1) is 5.92 Å². The van der Waals surface area contributed by atoms with Gasteiger partial charge in [0.05, 0.1) is 12.6 Å². The van der Waals surface area contributed by atoms with Gasteiger partial charge in [0.1, 0.15) is 0 Å². The normalized spacial score (nSPS) is 34.9. The molecule has 1 aliphatic heterocycles. The average molecular weight is 235 g/mol. The molecule has 0 aromatic rings. The van der Waals surface area contributed by atoms with E-state index in [0.717, 1.165) is 32.3 Å². The van der Waals surface area contributed by atoms with Gasteiger partial charge in [0, 0.05) is 18.6 Å². The van der Waals surface area contributed by atoms with Gasteiger partial charge in [-0.05, 0) is 25.7 Å². The van der Waals surface area contributed by atoms with Crippen molar-refractivity contribution in [1.29, 1.82) is 0 Å². The molecule has 2 aliphatic rings. The third kappa shape index (κ3) is 3.33. The quantitative estimate of drug-likeness (QED) is 0.729. The summed E-state index contributed by atoms with van der Waals surface area (Å²) in [6.45, 7) is 1.44. The first-order chi connectivity index (χ1) is 6.75. The Bertz CT molecular complexity index is 219. The second-order valence-electron chi connectivity index (χ2n) is 4.34. The lowest BCUT2D eigenvalue weighted by Gasteiger charge is -2.14. The monoisotopic (exact) mass is 234 g/mol. The predicted octanol–water partition coefficient (Wildman–Crippen LogP) is 0.441. The van der Waals surface area contributed by atoms with E-state index in [2.05, 4.69) is 5.32 Å². The van der Waals surface area contributed by atoms with Crippen LogP contribution in [0.15, 0.2) is 0 Å². The van der Waals surface area contributed by atoms with Crippen LogP contribution < -0.4 is 11.1 Å². The Morgan fingerprint density at radius 2 is 2.13 bits per heavy atom. The molecule has 1 saturated carbocycles. The molecule has 1 saturated heterocycles. The van der Waals surface area contributed by atoms with Crippen LogP contribution in [0.25, 0.3) is 0 Å². The van der Waals surface area contributed by atoms with E-state index in [1.165, 1.54) is 0 Å². The third-order valence-corrected chi connectivity index (χ3v) is 3.12. The van der Waals surface area contributed by atoms with Crippen molar-refractivity contribution in [3.8, 4) is 0 Å². The third-order valence-electron chi connectivity index (χ3n) is 3.12. The van der Waals surface area contributed by atoms with Crippen LogP contribution in [0.4, 0.5) is 0 Å². The smallest absolute Gasteiger partial charge is 0.223 e. The first-order valence-electron chi connectivity index (χ1n) is 5.39. The van der Waals surface area contributed by atoms with Gasteiger partial charge in [-0.25, -0.2) is 0 Å². The largest absolute Gasteiger partial charge is 0.379 e. The summed E-state index contributed by atoms with van der Waals surface area (Å²) in [5, 5.41) is 3.02. The highest BCUT2D eigenvalue weighted by Crippen LogP contribution is 2.24. The van der Waals surface area contributed by atoms with Crippen LogP contribution in [-0.4, -0.2) is 31.2 Å². The molecule has 0 spiro atoms. The summed E-state index contributed by atoms with van der Waals surface area (Å²) in [5.74, 6) is 0.319. The number of nitrogens with two attached hydrogens (primary N) is 1. The number of amides is 1. The Kier molecular flexibility index (Phi) is 4.83. The zero-order chi connectivity index (χ0) is 9.97. The van der Waals surface area contributed by atoms with Crippen molar-refractivity contribution in [2.75, 3.05) is 13.2 Å². The number of nitrogens with one attached hydrogen (secondary N) is 1. The van der Waals surface area contributed by atoms with Crippen LogP contribution in [0.2, 0.25) is 0 Å². The van der Waals surface area contributed by atoms with Crippen LogP contribution in [0.1, 0.15) is 25.7 Å². The fourth-order valence-electron chi connectivity index (χ4n) is 2.22. The maximum atomic E-state index is 11.7. The SMILES string of the molecule is Cl.NC1CCC(C(=O)NC2CCOC2)C1. The highest BCUT2D eigenvalue weighted by Gasteiger charge is 2.29. The zero-order valence-electron chi connectivity index (χ0n) is 8.78. The second-order valence-corrected chi connectivity index (χ2v) is 4.34. The number of hydrogen-bond acceptors (Lipinski definition) is 3. The Balaban J connectivity index is 0.00000112. The van der Waals surface area contributed by atoms with Gasteiger partial charge in [0.25, 0.3) is 0 Å². The minimum absolute atomic E-state index is 0. The van der Waals surface area contributed by atoms with Crippen molar-refractivity contribution in [1.82, 2.24) is 5.32 Å². The molecule has 0 radical (unpaired) electrons. The number of ether oxygens (including phenoxy) is 1. The second kappa shape index (κ2) is 5.68. The first-order valence-corrected chi connectivity index (χ1v) is 5.39. The predicted molar refractivity (Wildman–Crippen MR) is 59.9 cm³/mol. The molecule has 1 amide bonds. The number of rotatable bonds is 2. The van der Waals surface area contributed by atoms with E-state index in [1.807, 2.05) is 0 Å². The topological polar surface area (TPSA) is 64.4 Å². The molecule has 88 valence electrons. The van der Waals surface area contributed by atoms with Crippen LogP contribution >= 0.6 is 12.4 Å². The molecule has 3 N–H and O–H groups in total. The number of carbonyl (C=O) groups is 1. The van der Waals surface area contributed by atoms with Crippen LogP contribution in [0.3, 0.4) is 0 Å². The first kappa shape index (κ1) is 12.7. The van der Waals surface area contributed by atoms with Gasteiger partial charge in [-0.15, -0.1) is 12.4 Å². The number of halogens is 1. The molecule has 3 unspecified atom stereocenters.